The molecule has 220 valence electrons. The summed E-state index contributed by atoms with van der Waals surface area (Å²) in [5.41, 5.74) is 4.04. The molecule has 46 heavy (non-hydrogen) atoms. The van der Waals surface area contributed by atoms with Gasteiger partial charge in [0.25, 0.3) is 0 Å². The summed E-state index contributed by atoms with van der Waals surface area (Å²) in [4.78, 5) is 29.3. The van der Waals surface area contributed by atoms with E-state index >= 15 is 0 Å². The summed E-state index contributed by atoms with van der Waals surface area (Å²) in [6.45, 7) is 0. The molecule has 0 fully saturated rings. The van der Waals surface area contributed by atoms with Gasteiger partial charge in [-0.15, -0.1) is 0 Å². The van der Waals surface area contributed by atoms with Crippen LogP contribution in [0.3, 0.4) is 0 Å². The molecule has 9 rings (SSSR count). The van der Waals surface area contributed by atoms with E-state index in [1.54, 1.807) is 0 Å². The van der Waals surface area contributed by atoms with Crippen molar-refractivity contribution in [3.05, 3.63) is 180 Å². The highest BCUT2D eigenvalue weighted by molar-refractivity contribution is 7.07. The van der Waals surface area contributed by atoms with Crippen LogP contribution in [0.15, 0.2) is 157 Å². The quantitative estimate of drug-likeness (QED) is 0.202. The molecule has 0 radical (unpaired) electrons. The minimum atomic E-state index is -3.06. The molecule has 0 bridgehead atoms. The molecule has 0 spiro atoms. The van der Waals surface area contributed by atoms with E-state index < -0.39 is 20.2 Å². The van der Waals surface area contributed by atoms with Crippen LogP contribution in [0.1, 0.15) is 44.2 Å². The zero-order chi connectivity index (χ0) is 30.8. The first-order valence-electron chi connectivity index (χ1n) is 15.9. The van der Waals surface area contributed by atoms with E-state index in [-0.39, 0.29) is 17.5 Å². The van der Waals surface area contributed by atoms with Crippen molar-refractivity contribution in [3.63, 3.8) is 0 Å². The van der Waals surface area contributed by atoms with Gasteiger partial charge >= 0.3 is 8.32 Å². The number of allylic oxidation sites excluding steroid dienone is 2. The Bertz CT molecular complexity index is 2180. The first-order valence-corrected chi connectivity index (χ1v) is 17.8. The summed E-state index contributed by atoms with van der Waals surface area (Å²) in [7, 11) is -3.06. The molecule has 1 aliphatic heterocycles. The maximum atomic E-state index is 14.7. The molecular formula is C42H30O3Si. The van der Waals surface area contributed by atoms with Gasteiger partial charge in [-0.2, -0.15) is 0 Å². The third-order valence-corrected chi connectivity index (χ3v) is 14.3. The van der Waals surface area contributed by atoms with E-state index in [0.717, 1.165) is 48.8 Å². The zero-order valence-electron chi connectivity index (χ0n) is 25.1. The third kappa shape index (κ3) is 3.83. The average Bonchev–Trinajstić information content (AvgIpc) is 3.13. The summed E-state index contributed by atoms with van der Waals surface area (Å²) >= 11 is 0. The summed E-state index contributed by atoms with van der Waals surface area (Å²) < 4.78 is 7.59. The number of rotatable bonds is 3. The van der Waals surface area contributed by atoms with Crippen molar-refractivity contribution in [1.82, 2.24) is 0 Å². The van der Waals surface area contributed by atoms with Crippen LogP contribution < -0.4 is 15.6 Å². The van der Waals surface area contributed by atoms with Crippen molar-refractivity contribution in [3.8, 4) is 0 Å². The lowest BCUT2D eigenvalue weighted by Crippen LogP contribution is -2.71. The van der Waals surface area contributed by atoms with Gasteiger partial charge < -0.3 is 4.43 Å². The van der Waals surface area contributed by atoms with Crippen molar-refractivity contribution in [2.24, 2.45) is 11.8 Å². The highest BCUT2D eigenvalue weighted by Crippen LogP contribution is 2.54. The van der Waals surface area contributed by atoms with Crippen LogP contribution in [0.4, 0.5) is 0 Å². The lowest BCUT2D eigenvalue weighted by atomic mass is 9.59. The molecule has 0 N–H and O–H groups in total. The lowest BCUT2D eigenvalue weighted by Gasteiger charge is -2.48. The van der Waals surface area contributed by atoms with Gasteiger partial charge in [-0.25, -0.2) is 0 Å². The molecule has 6 aromatic rings. The van der Waals surface area contributed by atoms with E-state index in [4.69, 9.17) is 4.43 Å². The number of ketones is 2. The Morgan fingerprint density at radius 2 is 1.11 bits per heavy atom. The van der Waals surface area contributed by atoms with Gasteiger partial charge in [0.1, 0.15) is 0 Å². The zero-order valence-corrected chi connectivity index (χ0v) is 26.1. The van der Waals surface area contributed by atoms with Crippen LogP contribution >= 0.6 is 0 Å². The predicted molar refractivity (Wildman–Crippen MR) is 185 cm³/mol. The molecule has 0 unspecified atom stereocenters. The summed E-state index contributed by atoms with van der Waals surface area (Å²) in [5, 5.41) is 5.70. The second-order valence-corrected chi connectivity index (χ2v) is 15.9. The van der Waals surface area contributed by atoms with Crippen LogP contribution in [0, 0.1) is 11.8 Å². The highest BCUT2D eigenvalue weighted by Gasteiger charge is 2.57. The number of fused-ring (bicyclic) bond motifs is 6. The molecule has 0 saturated heterocycles. The van der Waals surface area contributed by atoms with Gasteiger partial charge in [-0.05, 0) is 37.5 Å². The SMILES string of the molecule is O=C1c2ccccc2C(=O)[C@@H]2[C@H]1C1=C(C[C@@H]2c2ccc3ccccc3c2)O[Si](c2ccccc2)(c2ccccc2)c2ccccc21. The summed E-state index contributed by atoms with van der Waals surface area (Å²) in [5.74, 6) is -0.489. The second-order valence-electron chi connectivity index (χ2n) is 12.6. The number of Topliss-reactive ketones (excluding diaryl/α,β-unsaturated/α-hetero) is 2. The lowest BCUT2D eigenvalue weighted by molar-refractivity contribution is 0.0732. The van der Waals surface area contributed by atoms with Gasteiger partial charge in [-0.1, -0.05) is 152 Å². The molecule has 6 aromatic carbocycles. The Kier molecular flexibility index (Phi) is 6.09. The number of carbonyl (C=O) groups excluding carboxylic acids is 2. The number of hydrogen-bond donors (Lipinski definition) is 0. The van der Waals surface area contributed by atoms with Crippen molar-refractivity contribution < 1.29 is 14.0 Å². The van der Waals surface area contributed by atoms with E-state index in [2.05, 4.69) is 103 Å². The minimum Gasteiger partial charge on any atom is -0.533 e. The molecule has 2 aliphatic carbocycles. The van der Waals surface area contributed by atoms with E-state index in [1.165, 1.54) is 0 Å². The van der Waals surface area contributed by atoms with Crippen molar-refractivity contribution in [1.29, 1.82) is 0 Å². The van der Waals surface area contributed by atoms with E-state index in [9.17, 15) is 9.59 Å². The smallest absolute Gasteiger partial charge is 0.347 e. The standard InChI is InChI=1S/C42H30O3Si/c43-41-32-19-9-10-20-33(32)42(44)40-38-34-21-11-12-22-37(34)46(30-15-3-1-4-16-30,31-17-5-2-6-18-31)45-36(38)26-35(39(40)41)29-24-23-27-13-7-8-14-28(27)25-29/h1-25,35,39-40H,26H2/t35-,39+,40-/m1/s1. The fourth-order valence-corrected chi connectivity index (χ4v) is 12.4. The molecule has 0 saturated carbocycles. The Hall–Kier alpha value is -5.32. The normalized spacial score (nSPS) is 21.1. The summed E-state index contributed by atoms with van der Waals surface area (Å²) in [6, 6.07) is 51.7. The fourth-order valence-electron chi connectivity index (χ4n) is 8.29. The molecule has 0 amide bonds. The van der Waals surface area contributed by atoms with Crippen LogP contribution in [-0.2, 0) is 4.43 Å². The van der Waals surface area contributed by atoms with E-state index in [0.29, 0.717) is 17.5 Å². The van der Waals surface area contributed by atoms with Gasteiger partial charge in [0.05, 0.1) is 11.7 Å². The molecule has 4 heteroatoms. The Balaban J connectivity index is 1.33. The fraction of sp³-hybridized carbons (Fsp3) is 0.0952. The molecule has 1 heterocycles. The van der Waals surface area contributed by atoms with E-state index in [1.807, 2.05) is 48.5 Å². The van der Waals surface area contributed by atoms with Crippen molar-refractivity contribution >= 4 is 51.8 Å². The molecule has 3 aliphatic rings. The predicted octanol–water partition coefficient (Wildman–Crippen LogP) is 7.05. The number of carbonyl (C=O) groups is 2. The monoisotopic (exact) mass is 610 g/mol. The number of hydrogen-bond acceptors (Lipinski definition) is 3. The third-order valence-electron chi connectivity index (χ3n) is 10.3. The van der Waals surface area contributed by atoms with Crippen LogP contribution in [-0.4, -0.2) is 19.9 Å². The molecular weight excluding hydrogens is 581 g/mol. The highest BCUT2D eigenvalue weighted by atomic mass is 28.4. The Labute approximate surface area is 268 Å². The van der Waals surface area contributed by atoms with Crippen molar-refractivity contribution in [2.75, 3.05) is 0 Å². The molecule has 0 aromatic heterocycles. The first-order chi connectivity index (χ1) is 22.6. The maximum absolute atomic E-state index is 14.7. The van der Waals surface area contributed by atoms with Gasteiger partial charge in [0.15, 0.2) is 11.6 Å². The average molecular weight is 611 g/mol. The Morgan fingerprint density at radius 3 is 1.80 bits per heavy atom. The molecule has 3 nitrogen and oxygen atoms in total. The molecule has 3 atom stereocenters. The maximum Gasteiger partial charge on any atom is 0.347 e. The van der Waals surface area contributed by atoms with Gasteiger partial charge in [0.2, 0.25) is 0 Å². The van der Waals surface area contributed by atoms with Crippen molar-refractivity contribution in [2.45, 2.75) is 12.3 Å². The Morgan fingerprint density at radius 1 is 0.543 bits per heavy atom. The number of benzene rings is 6. The largest absolute Gasteiger partial charge is 0.533 e. The van der Waals surface area contributed by atoms with Crippen LogP contribution in [0.25, 0.3) is 16.3 Å². The van der Waals surface area contributed by atoms with Gasteiger partial charge in [-0.3, -0.25) is 9.59 Å². The van der Waals surface area contributed by atoms with Gasteiger partial charge in [0, 0.05) is 35.0 Å². The van der Waals surface area contributed by atoms with Crippen LogP contribution in [0.5, 0.6) is 0 Å². The second kappa shape index (κ2) is 10.4. The van der Waals surface area contributed by atoms with Crippen LogP contribution in [0.2, 0.25) is 0 Å². The first kappa shape index (κ1) is 27.0. The summed E-state index contributed by atoms with van der Waals surface area (Å²) in [6.07, 6.45) is 0.540. The topological polar surface area (TPSA) is 43.4 Å². The minimum absolute atomic E-state index is 0.00480.